The molecule has 1 aliphatic rings. The number of para-hydroxylation sites is 1. The van der Waals surface area contributed by atoms with Crippen molar-refractivity contribution in [2.45, 2.75) is 79.0 Å². The Bertz CT molecular complexity index is 1100. The smallest absolute Gasteiger partial charge is 0.408 e. The van der Waals surface area contributed by atoms with Gasteiger partial charge in [-0.2, -0.15) is 0 Å². The van der Waals surface area contributed by atoms with E-state index in [1.54, 1.807) is 25.7 Å². The van der Waals surface area contributed by atoms with Crippen molar-refractivity contribution in [3.05, 3.63) is 64.2 Å². The van der Waals surface area contributed by atoms with Crippen LogP contribution in [0.3, 0.4) is 0 Å². The van der Waals surface area contributed by atoms with Crippen LogP contribution in [0, 0.1) is 27.7 Å². The van der Waals surface area contributed by atoms with Gasteiger partial charge in [0.15, 0.2) is 0 Å². The first-order chi connectivity index (χ1) is 16.4. The van der Waals surface area contributed by atoms with E-state index in [0.29, 0.717) is 0 Å². The molecule has 7 heteroatoms. The fourth-order valence-corrected chi connectivity index (χ4v) is 4.14. The maximum absolute atomic E-state index is 13.9. The monoisotopic (exact) mass is 479 g/mol. The number of hydrogen-bond donors (Lipinski definition) is 2. The van der Waals surface area contributed by atoms with E-state index in [-0.39, 0.29) is 24.4 Å². The van der Waals surface area contributed by atoms with E-state index in [0.717, 1.165) is 46.3 Å². The van der Waals surface area contributed by atoms with Crippen molar-refractivity contribution >= 4 is 23.6 Å². The minimum atomic E-state index is -0.825. The van der Waals surface area contributed by atoms with E-state index in [1.807, 2.05) is 64.1 Å². The van der Waals surface area contributed by atoms with Crippen LogP contribution in [0.4, 0.5) is 10.5 Å². The zero-order valence-corrected chi connectivity index (χ0v) is 21.8. The maximum Gasteiger partial charge on any atom is 0.408 e. The highest BCUT2D eigenvalue weighted by molar-refractivity contribution is 5.99. The van der Waals surface area contributed by atoms with Gasteiger partial charge in [0.1, 0.15) is 18.2 Å². The van der Waals surface area contributed by atoms with Gasteiger partial charge in [0.05, 0.1) is 0 Å². The minimum Gasteiger partial charge on any atom is -0.444 e. The van der Waals surface area contributed by atoms with Crippen molar-refractivity contribution in [1.29, 1.82) is 0 Å². The molecule has 3 rings (SSSR count). The summed E-state index contributed by atoms with van der Waals surface area (Å²) in [4.78, 5) is 41.2. The molecule has 0 radical (unpaired) electrons. The van der Waals surface area contributed by atoms with Crippen LogP contribution in [-0.4, -0.2) is 41.0 Å². The van der Waals surface area contributed by atoms with Gasteiger partial charge in [0.25, 0.3) is 5.91 Å². The minimum absolute atomic E-state index is 0.0587. The SMILES string of the molecule is Cc1ccc(C)c(C(C(=O)Nc2c(C)cccc2C)N(C(=O)CNC(=O)OC(C)(C)C)C2CC2)c1. The second-order valence-electron chi connectivity index (χ2n) is 10.4. The van der Waals surface area contributed by atoms with Crippen molar-refractivity contribution in [1.82, 2.24) is 10.2 Å². The molecule has 0 heterocycles. The van der Waals surface area contributed by atoms with Crippen molar-refractivity contribution in [2.24, 2.45) is 0 Å². The molecular weight excluding hydrogens is 442 g/mol. The normalized spacial score (nSPS) is 14.1. The first-order valence-electron chi connectivity index (χ1n) is 12.1. The molecule has 0 aromatic heterocycles. The van der Waals surface area contributed by atoms with Gasteiger partial charge in [-0.05, 0) is 83.6 Å². The predicted octanol–water partition coefficient (Wildman–Crippen LogP) is 5.12. The van der Waals surface area contributed by atoms with Crippen LogP contribution in [0.5, 0.6) is 0 Å². The molecule has 1 unspecified atom stereocenters. The number of rotatable bonds is 7. The Morgan fingerprint density at radius 3 is 2.20 bits per heavy atom. The van der Waals surface area contributed by atoms with Crippen LogP contribution in [0.2, 0.25) is 0 Å². The molecular formula is C28H37N3O4. The first-order valence-corrected chi connectivity index (χ1v) is 12.1. The van der Waals surface area contributed by atoms with Gasteiger partial charge in [0.2, 0.25) is 5.91 Å². The molecule has 2 aromatic carbocycles. The molecule has 188 valence electrons. The maximum atomic E-state index is 13.9. The van der Waals surface area contributed by atoms with Gasteiger partial charge < -0.3 is 20.3 Å². The van der Waals surface area contributed by atoms with E-state index in [9.17, 15) is 14.4 Å². The van der Waals surface area contributed by atoms with Gasteiger partial charge >= 0.3 is 6.09 Å². The quantitative estimate of drug-likeness (QED) is 0.577. The van der Waals surface area contributed by atoms with Crippen molar-refractivity contribution < 1.29 is 19.1 Å². The average molecular weight is 480 g/mol. The van der Waals surface area contributed by atoms with Crippen LogP contribution < -0.4 is 10.6 Å². The molecule has 35 heavy (non-hydrogen) atoms. The van der Waals surface area contributed by atoms with Crippen molar-refractivity contribution in [2.75, 3.05) is 11.9 Å². The summed E-state index contributed by atoms with van der Waals surface area (Å²) in [5.74, 6) is -0.588. The number of amides is 3. The molecule has 1 fully saturated rings. The van der Waals surface area contributed by atoms with E-state index < -0.39 is 17.7 Å². The summed E-state index contributed by atoms with van der Waals surface area (Å²) in [5, 5.41) is 5.65. The number of ether oxygens (including phenoxy) is 1. The fourth-order valence-electron chi connectivity index (χ4n) is 4.14. The highest BCUT2D eigenvalue weighted by atomic mass is 16.6. The van der Waals surface area contributed by atoms with E-state index >= 15 is 0 Å². The summed E-state index contributed by atoms with van der Waals surface area (Å²) in [6.45, 7) is 12.9. The topological polar surface area (TPSA) is 87.7 Å². The zero-order chi connectivity index (χ0) is 25.9. The lowest BCUT2D eigenvalue weighted by molar-refractivity contribution is -0.139. The third-order valence-corrected chi connectivity index (χ3v) is 6.00. The van der Waals surface area contributed by atoms with Crippen molar-refractivity contribution in [3.63, 3.8) is 0 Å². The van der Waals surface area contributed by atoms with Gasteiger partial charge in [-0.15, -0.1) is 0 Å². The number of nitrogens with zero attached hydrogens (tertiary/aromatic N) is 1. The highest BCUT2D eigenvalue weighted by Crippen LogP contribution is 2.37. The first kappa shape index (κ1) is 26.3. The number of aryl methyl sites for hydroxylation is 4. The highest BCUT2D eigenvalue weighted by Gasteiger charge is 2.42. The lowest BCUT2D eigenvalue weighted by Crippen LogP contribution is -2.47. The van der Waals surface area contributed by atoms with Crippen LogP contribution in [0.25, 0.3) is 0 Å². The summed E-state index contributed by atoms with van der Waals surface area (Å²) >= 11 is 0. The molecule has 0 saturated heterocycles. The second-order valence-corrected chi connectivity index (χ2v) is 10.4. The number of carbonyl (C=O) groups excluding carboxylic acids is 3. The third-order valence-electron chi connectivity index (χ3n) is 6.00. The number of nitrogens with one attached hydrogen (secondary N) is 2. The van der Waals surface area contributed by atoms with Crippen LogP contribution in [-0.2, 0) is 14.3 Å². The molecule has 1 aliphatic carbocycles. The predicted molar refractivity (Wildman–Crippen MR) is 137 cm³/mol. The molecule has 0 spiro atoms. The molecule has 3 amide bonds. The molecule has 7 nitrogen and oxygen atoms in total. The Hall–Kier alpha value is -3.35. The van der Waals surface area contributed by atoms with Crippen molar-refractivity contribution in [3.8, 4) is 0 Å². The summed E-state index contributed by atoms with van der Waals surface area (Å²) in [5.41, 5.74) is 4.70. The molecule has 0 bridgehead atoms. The lowest BCUT2D eigenvalue weighted by Gasteiger charge is -2.33. The molecule has 1 saturated carbocycles. The van der Waals surface area contributed by atoms with Gasteiger partial charge in [-0.3, -0.25) is 9.59 Å². The number of benzene rings is 2. The molecule has 0 aliphatic heterocycles. The Labute approximate surface area is 208 Å². The fraction of sp³-hybridized carbons (Fsp3) is 0.464. The average Bonchev–Trinajstić information content (AvgIpc) is 3.58. The number of alkyl carbamates (subject to hydrolysis) is 1. The summed E-state index contributed by atoms with van der Waals surface area (Å²) < 4.78 is 5.28. The van der Waals surface area contributed by atoms with Gasteiger partial charge in [-0.25, -0.2) is 4.79 Å². The van der Waals surface area contributed by atoms with Crippen LogP contribution in [0.15, 0.2) is 36.4 Å². The number of carbonyl (C=O) groups is 3. The Morgan fingerprint density at radius 2 is 1.63 bits per heavy atom. The Balaban J connectivity index is 1.94. The van der Waals surface area contributed by atoms with Crippen LogP contribution >= 0.6 is 0 Å². The third kappa shape index (κ3) is 6.84. The standard InChI is InChI=1S/C28H37N3O4/c1-17-11-12-18(2)22(15-17)25(26(33)30-24-19(3)9-8-10-20(24)4)31(21-13-14-21)23(32)16-29-27(34)35-28(5,6)7/h8-12,15,21,25H,13-14,16H2,1-7H3,(H,29,34)(H,30,33). The molecule has 1 atom stereocenters. The molecule has 2 aromatic rings. The zero-order valence-electron chi connectivity index (χ0n) is 21.8. The van der Waals surface area contributed by atoms with Gasteiger partial charge in [-0.1, -0.05) is 42.0 Å². The van der Waals surface area contributed by atoms with E-state index in [4.69, 9.17) is 4.74 Å². The summed E-state index contributed by atoms with van der Waals surface area (Å²) in [6, 6.07) is 10.9. The largest absolute Gasteiger partial charge is 0.444 e. The summed E-state index contributed by atoms with van der Waals surface area (Å²) in [7, 11) is 0. The van der Waals surface area contributed by atoms with Gasteiger partial charge in [0, 0.05) is 11.7 Å². The van der Waals surface area contributed by atoms with E-state index in [1.165, 1.54) is 0 Å². The summed E-state index contributed by atoms with van der Waals surface area (Å²) in [6.07, 6.45) is 0.969. The Kier molecular flexibility index (Phi) is 7.88. The number of anilines is 1. The van der Waals surface area contributed by atoms with Crippen LogP contribution in [0.1, 0.15) is 67.5 Å². The second kappa shape index (κ2) is 10.5. The lowest BCUT2D eigenvalue weighted by atomic mass is 9.96. The number of hydrogen-bond acceptors (Lipinski definition) is 4. The van der Waals surface area contributed by atoms with E-state index in [2.05, 4.69) is 10.6 Å². The Morgan fingerprint density at radius 1 is 1.00 bits per heavy atom. The molecule has 2 N–H and O–H groups in total.